The minimum atomic E-state index is -0.233. The molecule has 0 aromatic heterocycles. The average Bonchev–Trinajstić information content (AvgIpc) is 2.21. The minimum absolute atomic E-state index is 0.174. The molecule has 2 nitrogen and oxygen atoms in total. The Morgan fingerprint density at radius 3 is 2.87 bits per heavy atom. The summed E-state index contributed by atoms with van der Waals surface area (Å²) in [5.41, 5.74) is 1.16. The van der Waals surface area contributed by atoms with Crippen LogP contribution in [-0.2, 0) is 9.53 Å². The molecule has 0 aromatic rings. The van der Waals surface area contributed by atoms with Crippen LogP contribution in [0.4, 0.5) is 0 Å². The SMILES string of the molecule is C=C/C(C)=C/C[C@@H]1O[C@H](C)C(=O)C[C@@H]1C. The van der Waals surface area contributed by atoms with Crippen molar-refractivity contribution in [1.29, 1.82) is 0 Å². The zero-order valence-electron chi connectivity index (χ0n) is 9.82. The Morgan fingerprint density at radius 1 is 1.60 bits per heavy atom. The van der Waals surface area contributed by atoms with Gasteiger partial charge in [-0.1, -0.05) is 31.2 Å². The fourth-order valence-corrected chi connectivity index (χ4v) is 1.76. The summed E-state index contributed by atoms with van der Waals surface area (Å²) in [5.74, 6) is 0.547. The van der Waals surface area contributed by atoms with E-state index in [2.05, 4.69) is 19.6 Å². The Morgan fingerprint density at radius 2 is 2.27 bits per heavy atom. The van der Waals surface area contributed by atoms with Gasteiger partial charge >= 0.3 is 0 Å². The summed E-state index contributed by atoms with van der Waals surface area (Å²) < 4.78 is 5.68. The second kappa shape index (κ2) is 5.26. The van der Waals surface area contributed by atoms with E-state index in [1.165, 1.54) is 0 Å². The topological polar surface area (TPSA) is 26.3 Å². The number of hydrogen-bond donors (Lipinski definition) is 0. The monoisotopic (exact) mass is 208 g/mol. The van der Waals surface area contributed by atoms with E-state index in [0.717, 1.165) is 12.0 Å². The van der Waals surface area contributed by atoms with Crippen molar-refractivity contribution in [2.24, 2.45) is 5.92 Å². The molecule has 15 heavy (non-hydrogen) atoms. The molecular weight excluding hydrogens is 188 g/mol. The van der Waals surface area contributed by atoms with Crippen molar-refractivity contribution in [3.05, 3.63) is 24.3 Å². The summed E-state index contributed by atoms with van der Waals surface area (Å²) >= 11 is 0. The van der Waals surface area contributed by atoms with Crippen molar-refractivity contribution < 1.29 is 9.53 Å². The molecule has 3 atom stereocenters. The molecule has 84 valence electrons. The lowest BCUT2D eigenvalue weighted by Gasteiger charge is -2.31. The third-order valence-corrected chi connectivity index (χ3v) is 2.98. The molecule has 0 radical (unpaired) electrons. The zero-order valence-corrected chi connectivity index (χ0v) is 9.82. The molecule has 1 aliphatic rings. The van der Waals surface area contributed by atoms with E-state index < -0.39 is 0 Å². The lowest BCUT2D eigenvalue weighted by atomic mass is 9.90. The van der Waals surface area contributed by atoms with Crippen molar-refractivity contribution in [3.63, 3.8) is 0 Å². The second-order valence-electron chi connectivity index (χ2n) is 4.35. The van der Waals surface area contributed by atoms with Gasteiger partial charge in [0.1, 0.15) is 6.10 Å². The van der Waals surface area contributed by atoms with Crippen LogP contribution in [0.2, 0.25) is 0 Å². The highest BCUT2D eigenvalue weighted by atomic mass is 16.5. The molecule has 0 bridgehead atoms. The highest BCUT2D eigenvalue weighted by Gasteiger charge is 2.30. The Hall–Kier alpha value is -0.890. The molecule has 0 unspecified atom stereocenters. The predicted molar refractivity (Wildman–Crippen MR) is 61.7 cm³/mol. The molecule has 0 amide bonds. The van der Waals surface area contributed by atoms with E-state index in [1.807, 2.05) is 19.9 Å². The van der Waals surface area contributed by atoms with Crippen molar-refractivity contribution >= 4 is 5.78 Å². The summed E-state index contributed by atoms with van der Waals surface area (Å²) in [7, 11) is 0. The molecule has 1 heterocycles. The molecule has 1 rings (SSSR count). The standard InChI is InChI=1S/C13H20O2/c1-5-9(2)6-7-13-10(3)8-12(14)11(4)15-13/h5-6,10-11,13H,1,7-8H2,2-4H3/b9-6+/t10-,11+,13-/m0/s1. The molecule has 1 aliphatic heterocycles. The van der Waals surface area contributed by atoms with Crippen LogP contribution in [0, 0.1) is 5.92 Å². The third kappa shape index (κ3) is 3.31. The first-order chi connectivity index (χ1) is 7.04. The van der Waals surface area contributed by atoms with Crippen LogP contribution in [0.1, 0.15) is 33.6 Å². The van der Waals surface area contributed by atoms with Gasteiger partial charge in [-0.3, -0.25) is 4.79 Å². The van der Waals surface area contributed by atoms with Crippen LogP contribution in [-0.4, -0.2) is 18.0 Å². The minimum Gasteiger partial charge on any atom is -0.367 e. The summed E-state index contributed by atoms with van der Waals surface area (Å²) in [5, 5.41) is 0. The Bertz CT molecular complexity index is 278. The number of ether oxygens (including phenoxy) is 1. The predicted octanol–water partition coefficient (Wildman–Crippen LogP) is 2.89. The lowest BCUT2D eigenvalue weighted by molar-refractivity contribution is -0.146. The zero-order chi connectivity index (χ0) is 11.4. The van der Waals surface area contributed by atoms with Gasteiger partial charge in [0.15, 0.2) is 5.78 Å². The molecule has 1 saturated heterocycles. The summed E-state index contributed by atoms with van der Waals surface area (Å²) in [6.07, 6.45) is 5.42. The van der Waals surface area contributed by atoms with Gasteiger partial charge in [-0.2, -0.15) is 0 Å². The van der Waals surface area contributed by atoms with E-state index in [1.54, 1.807) is 0 Å². The van der Waals surface area contributed by atoms with E-state index in [0.29, 0.717) is 12.3 Å². The van der Waals surface area contributed by atoms with Crippen molar-refractivity contribution in [2.45, 2.75) is 45.8 Å². The van der Waals surface area contributed by atoms with Gasteiger partial charge in [-0.25, -0.2) is 0 Å². The molecule has 1 fully saturated rings. The maximum Gasteiger partial charge on any atom is 0.161 e. The van der Waals surface area contributed by atoms with Crippen LogP contribution in [0.25, 0.3) is 0 Å². The maximum atomic E-state index is 11.4. The Labute approximate surface area is 92.0 Å². The third-order valence-electron chi connectivity index (χ3n) is 2.98. The fraction of sp³-hybridized carbons (Fsp3) is 0.615. The van der Waals surface area contributed by atoms with Crippen LogP contribution < -0.4 is 0 Å². The maximum absolute atomic E-state index is 11.4. The highest BCUT2D eigenvalue weighted by Crippen LogP contribution is 2.25. The first-order valence-electron chi connectivity index (χ1n) is 5.52. The molecule has 0 saturated carbocycles. The van der Waals surface area contributed by atoms with Crippen LogP contribution in [0.3, 0.4) is 0 Å². The molecule has 0 N–H and O–H groups in total. The number of ketones is 1. The van der Waals surface area contributed by atoms with Gasteiger partial charge in [0, 0.05) is 6.42 Å². The normalized spacial score (nSPS) is 32.9. The summed E-state index contributed by atoms with van der Waals surface area (Å²) in [6.45, 7) is 9.64. The first-order valence-corrected chi connectivity index (χ1v) is 5.52. The second-order valence-corrected chi connectivity index (χ2v) is 4.35. The van der Waals surface area contributed by atoms with E-state index in [9.17, 15) is 4.79 Å². The fourth-order valence-electron chi connectivity index (χ4n) is 1.76. The number of carbonyl (C=O) groups excluding carboxylic acids is 1. The highest BCUT2D eigenvalue weighted by molar-refractivity contribution is 5.83. The Kier molecular flexibility index (Phi) is 4.28. The van der Waals surface area contributed by atoms with Crippen LogP contribution in [0.5, 0.6) is 0 Å². The largest absolute Gasteiger partial charge is 0.367 e. The van der Waals surface area contributed by atoms with E-state index in [-0.39, 0.29) is 18.0 Å². The number of rotatable bonds is 3. The summed E-state index contributed by atoms with van der Waals surface area (Å²) in [4.78, 5) is 11.4. The number of hydrogen-bond acceptors (Lipinski definition) is 2. The number of Topliss-reactive ketones (excluding diaryl/α,β-unsaturated/α-hetero) is 1. The lowest BCUT2D eigenvalue weighted by Crippen LogP contribution is -2.38. The van der Waals surface area contributed by atoms with E-state index in [4.69, 9.17) is 4.74 Å². The Balaban J connectivity index is 2.55. The van der Waals surface area contributed by atoms with Crippen molar-refractivity contribution in [2.75, 3.05) is 0 Å². The molecular formula is C13H20O2. The molecule has 0 aliphatic carbocycles. The van der Waals surface area contributed by atoms with Crippen LogP contribution in [0.15, 0.2) is 24.3 Å². The quantitative estimate of drug-likeness (QED) is 0.667. The number of allylic oxidation sites excluding steroid dienone is 2. The summed E-state index contributed by atoms with van der Waals surface area (Å²) in [6, 6.07) is 0. The first kappa shape index (κ1) is 12.2. The van der Waals surface area contributed by atoms with Gasteiger partial charge in [-0.05, 0) is 26.2 Å². The molecule has 2 heteroatoms. The van der Waals surface area contributed by atoms with Gasteiger partial charge in [0.25, 0.3) is 0 Å². The smallest absolute Gasteiger partial charge is 0.161 e. The molecule has 0 aromatic carbocycles. The molecule has 0 spiro atoms. The van der Waals surface area contributed by atoms with Crippen LogP contribution >= 0.6 is 0 Å². The van der Waals surface area contributed by atoms with E-state index >= 15 is 0 Å². The van der Waals surface area contributed by atoms with Gasteiger partial charge < -0.3 is 4.74 Å². The van der Waals surface area contributed by atoms with Gasteiger partial charge in [-0.15, -0.1) is 0 Å². The van der Waals surface area contributed by atoms with Gasteiger partial charge in [0.05, 0.1) is 6.10 Å². The number of carbonyl (C=O) groups is 1. The van der Waals surface area contributed by atoms with Gasteiger partial charge in [0.2, 0.25) is 0 Å². The van der Waals surface area contributed by atoms with Crippen molar-refractivity contribution in [1.82, 2.24) is 0 Å². The van der Waals surface area contributed by atoms with Crippen molar-refractivity contribution in [3.8, 4) is 0 Å². The average molecular weight is 208 g/mol.